The summed E-state index contributed by atoms with van der Waals surface area (Å²) in [6.45, 7) is 6.27. The molecule has 0 aromatic heterocycles. The first-order chi connectivity index (χ1) is 14.1. The minimum atomic E-state index is -0.269. The van der Waals surface area contributed by atoms with Gasteiger partial charge in [-0.25, -0.2) is 0 Å². The highest BCUT2D eigenvalue weighted by Gasteiger charge is 2.18. The molecule has 1 aromatic carbocycles. The lowest BCUT2D eigenvalue weighted by Crippen LogP contribution is -2.18. The third kappa shape index (κ3) is 11.7. The molecule has 0 aliphatic heterocycles. The first kappa shape index (κ1) is 25.2. The minimum Gasteiger partial charge on any atom is -0.423 e. The van der Waals surface area contributed by atoms with Crippen molar-refractivity contribution >= 4 is 11.9 Å². The SMILES string of the molecule is CCCCCCCCCC(=O)Oc1ccccc1OC(=O)C(C)CCCCCC. The zero-order valence-electron chi connectivity index (χ0n) is 18.7. The number of para-hydroxylation sites is 2. The Hall–Kier alpha value is -1.84. The predicted molar refractivity (Wildman–Crippen MR) is 118 cm³/mol. The van der Waals surface area contributed by atoms with E-state index >= 15 is 0 Å². The Morgan fingerprint density at radius 2 is 1.28 bits per heavy atom. The quantitative estimate of drug-likeness (QED) is 0.165. The van der Waals surface area contributed by atoms with Gasteiger partial charge in [0.15, 0.2) is 11.5 Å². The van der Waals surface area contributed by atoms with Crippen LogP contribution < -0.4 is 9.47 Å². The van der Waals surface area contributed by atoms with Gasteiger partial charge in [0.05, 0.1) is 5.92 Å². The summed E-state index contributed by atoms with van der Waals surface area (Å²) in [4.78, 5) is 24.5. The van der Waals surface area contributed by atoms with Gasteiger partial charge in [0.25, 0.3) is 0 Å². The van der Waals surface area contributed by atoms with E-state index in [2.05, 4.69) is 13.8 Å². The van der Waals surface area contributed by atoms with Gasteiger partial charge in [0.2, 0.25) is 0 Å². The summed E-state index contributed by atoms with van der Waals surface area (Å²) in [5.41, 5.74) is 0. The molecule has 0 aliphatic carbocycles. The molecular formula is C25H40O4. The first-order valence-corrected chi connectivity index (χ1v) is 11.6. The van der Waals surface area contributed by atoms with Crippen molar-refractivity contribution in [2.45, 2.75) is 104 Å². The number of hydrogen-bond donors (Lipinski definition) is 0. The molecule has 0 amide bonds. The molecule has 0 spiro atoms. The average molecular weight is 405 g/mol. The number of hydrogen-bond acceptors (Lipinski definition) is 4. The topological polar surface area (TPSA) is 52.6 Å². The highest BCUT2D eigenvalue weighted by Crippen LogP contribution is 2.28. The lowest BCUT2D eigenvalue weighted by atomic mass is 10.0. The van der Waals surface area contributed by atoms with Gasteiger partial charge in [-0.15, -0.1) is 0 Å². The molecule has 29 heavy (non-hydrogen) atoms. The van der Waals surface area contributed by atoms with Crippen LogP contribution in [-0.4, -0.2) is 11.9 Å². The standard InChI is InChI=1S/C25H40O4/c1-4-6-8-10-11-12-14-20-24(26)28-22-18-15-16-19-23(22)29-25(27)21(3)17-13-9-7-5-2/h15-16,18-19,21H,4-14,17,20H2,1-3H3. The molecule has 0 N–H and O–H groups in total. The van der Waals surface area contributed by atoms with Crippen LogP contribution >= 0.6 is 0 Å². The van der Waals surface area contributed by atoms with Crippen molar-refractivity contribution in [2.24, 2.45) is 5.92 Å². The second-order valence-electron chi connectivity index (χ2n) is 7.96. The van der Waals surface area contributed by atoms with Crippen LogP contribution in [0.2, 0.25) is 0 Å². The Morgan fingerprint density at radius 3 is 1.90 bits per heavy atom. The fourth-order valence-corrected chi connectivity index (χ4v) is 3.22. The Bertz CT molecular complexity index is 582. The molecule has 0 bridgehead atoms. The van der Waals surface area contributed by atoms with Gasteiger partial charge in [-0.05, 0) is 25.0 Å². The summed E-state index contributed by atoms with van der Waals surface area (Å²) in [5.74, 6) is -0.0483. The summed E-state index contributed by atoms with van der Waals surface area (Å²) < 4.78 is 11.0. The van der Waals surface area contributed by atoms with Crippen molar-refractivity contribution in [3.8, 4) is 11.5 Å². The van der Waals surface area contributed by atoms with Crippen molar-refractivity contribution in [1.29, 1.82) is 0 Å². The van der Waals surface area contributed by atoms with Gasteiger partial charge in [0.1, 0.15) is 0 Å². The molecule has 0 aliphatic rings. The molecule has 1 unspecified atom stereocenters. The fourth-order valence-electron chi connectivity index (χ4n) is 3.22. The van der Waals surface area contributed by atoms with Crippen LogP contribution in [0, 0.1) is 5.92 Å². The smallest absolute Gasteiger partial charge is 0.314 e. The van der Waals surface area contributed by atoms with E-state index in [-0.39, 0.29) is 17.9 Å². The molecular weight excluding hydrogens is 364 g/mol. The molecule has 0 heterocycles. The van der Waals surface area contributed by atoms with Gasteiger partial charge in [-0.3, -0.25) is 9.59 Å². The monoisotopic (exact) mass is 404 g/mol. The molecule has 1 atom stereocenters. The third-order valence-corrected chi connectivity index (χ3v) is 5.16. The maximum Gasteiger partial charge on any atom is 0.314 e. The number of benzene rings is 1. The maximum absolute atomic E-state index is 12.4. The van der Waals surface area contributed by atoms with Crippen LogP contribution in [-0.2, 0) is 9.59 Å². The molecule has 1 aromatic rings. The molecule has 0 saturated carbocycles. The van der Waals surface area contributed by atoms with Crippen LogP contribution in [0.25, 0.3) is 0 Å². The average Bonchev–Trinajstić information content (AvgIpc) is 2.71. The van der Waals surface area contributed by atoms with E-state index < -0.39 is 0 Å². The van der Waals surface area contributed by atoms with Gasteiger partial charge in [-0.2, -0.15) is 0 Å². The molecule has 0 radical (unpaired) electrons. The van der Waals surface area contributed by atoms with Crippen LogP contribution in [0.4, 0.5) is 0 Å². The predicted octanol–water partition coefficient (Wildman–Crippen LogP) is 7.24. The summed E-state index contributed by atoms with van der Waals surface area (Å²) >= 11 is 0. The Labute approximate surface area is 177 Å². The van der Waals surface area contributed by atoms with E-state index in [0.717, 1.165) is 38.5 Å². The van der Waals surface area contributed by atoms with Crippen molar-refractivity contribution < 1.29 is 19.1 Å². The maximum atomic E-state index is 12.4. The largest absolute Gasteiger partial charge is 0.423 e. The first-order valence-electron chi connectivity index (χ1n) is 11.6. The van der Waals surface area contributed by atoms with Crippen molar-refractivity contribution in [2.75, 3.05) is 0 Å². The third-order valence-electron chi connectivity index (χ3n) is 5.16. The highest BCUT2D eigenvalue weighted by atomic mass is 16.6. The van der Waals surface area contributed by atoms with Crippen LogP contribution in [0.5, 0.6) is 11.5 Å². The second-order valence-corrected chi connectivity index (χ2v) is 7.96. The van der Waals surface area contributed by atoms with E-state index in [1.165, 1.54) is 38.5 Å². The lowest BCUT2D eigenvalue weighted by molar-refractivity contribution is -0.140. The Kier molecular flexibility index (Phi) is 13.9. The fraction of sp³-hybridized carbons (Fsp3) is 0.680. The molecule has 164 valence electrons. The van der Waals surface area contributed by atoms with E-state index in [1.807, 2.05) is 6.92 Å². The van der Waals surface area contributed by atoms with E-state index in [9.17, 15) is 9.59 Å². The Morgan fingerprint density at radius 1 is 0.759 bits per heavy atom. The lowest BCUT2D eigenvalue weighted by Gasteiger charge is -2.13. The molecule has 1 rings (SSSR count). The van der Waals surface area contributed by atoms with Crippen molar-refractivity contribution in [3.63, 3.8) is 0 Å². The molecule has 4 heteroatoms. The molecule has 0 fully saturated rings. The Balaban J connectivity index is 2.40. The summed E-state index contributed by atoms with van der Waals surface area (Å²) in [5, 5.41) is 0. The minimum absolute atomic E-state index is 0.164. The number of ether oxygens (including phenoxy) is 2. The van der Waals surface area contributed by atoms with Gasteiger partial charge in [0, 0.05) is 6.42 Å². The second kappa shape index (κ2) is 16.0. The van der Waals surface area contributed by atoms with E-state index in [1.54, 1.807) is 24.3 Å². The number of carbonyl (C=O) groups excluding carboxylic acids is 2. The number of unbranched alkanes of at least 4 members (excludes halogenated alkanes) is 9. The normalized spacial score (nSPS) is 11.8. The van der Waals surface area contributed by atoms with Crippen LogP contribution in [0.15, 0.2) is 24.3 Å². The van der Waals surface area contributed by atoms with Gasteiger partial charge in [-0.1, -0.05) is 97.1 Å². The van der Waals surface area contributed by atoms with E-state index in [4.69, 9.17) is 9.47 Å². The van der Waals surface area contributed by atoms with Gasteiger partial charge < -0.3 is 9.47 Å². The highest BCUT2D eigenvalue weighted by molar-refractivity contribution is 5.77. The van der Waals surface area contributed by atoms with Crippen molar-refractivity contribution in [3.05, 3.63) is 24.3 Å². The van der Waals surface area contributed by atoms with Gasteiger partial charge >= 0.3 is 11.9 Å². The van der Waals surface area contributed by atoms with Crippen molar-refractivity contribution in [1.82, 2.24) is 0 Å². The zero-order valence-corrected chi connectivity index (χ0v) is 18.7. The molecule has 0 saturated heterocycles. The van der Waals surface area contributed by atoms with Crippen LogP contribution in [0.3, 0.4) is 0 Å². The summed E-state index contributed by atoms with van der Waals surface area (Å²) in [6.07, 6.45) is 13.8. The number of carbonyl (C=O) groups is 2. The summed E-state index contributed by atoms with van der Waals surface area (Å²) in [7, 11) is 0. The number of esters is 2. The zero-order chi connectivity index (χ0) is 21.3. The van der Waals surface area contributed by atoms with E-state index in [0.29, 0.717) is 17.9 Å². The summed E-state index contributed by atoms with van der Waals surface area (Å²) in [6, 6.07) is 6.92. The number of rotatable bonds is 16. The molecule has 4 nitrogen and oxygen atoms in total. The van der Waals surface area contributed by atoms with Crippen LogP contribution in [0.1, 0.15) is 104 Å².